The van der Waals surface area contributed by atoms with E-state index in [1.54, 1.807) is 24.3 Å². The van der Waals surface area contributed by atoms with Gasteiger partial charge in [-0.25, -0.2) is 0 Å². The van der Waals surface area contributed by atoms with E-state index in [-0.39, 0.29) is 6.61 Å². The van der Waals surface area contributed by atoms with Crippen molar-refractivity contribution >= 4 is 17.3 Å². The number of rotatable bonds is 4. The van der Waals surface area contributed by atoms with Crippen molar-refractivity contribution in [2.24, 2.45) is 5.16 Å². The summed E-state index contributed by atoms with van der Waals surface area (Å²) in [6.07, 6.45) is 0. The number of hydrogen-bond donors (Lipinski definition) is 1. The van der Waals surface area contributed by atoms with Crippen molar-refractivity contribution in [3.63, 3.8) is 0 Å². The first-order valence-electron chi connectivity index (χ1n) is 5.44. The molecule has 2 aromatic rings. The molecule has 0 saturated carbocycles. The van der Waals surface area contributed by atoms with Gasteiger partial charge in [0.1, 0.15) is 18.1 Å². The number of halogens is 1. The van der Waals surface area contributed by atoms with Gasteiger partial charge in [-0.3, -0.25) is 0 Å². The van der Waals surface area contributed by atoms with E-state index in [2.05, 4.69) is 5.16 Å². The minimum Gasteiger partial charge on any atom is -0.487 e. The third-order valence-corrected chi connectivity index (χ3v) is 2.67. The Kier molecular flexibility index (Phi) is 4.20. The van der Waals surface area contributed by atoms with Crippen LogP contribution in [0.25, 0.3) is 0 Å². The molecule has 0 aromatic heterocycles. The Balaban J connectivity index is 2.03. The molecule has 0 unspecified atom stereocenters. The summed E-state index contributed by atoms with van der Waals surface area (Å²) in [5.74, 6) is 0.677. The van der Waals surface area contributed by atoms with Crippen LogP contribution in [0.15, 0.2) is 59.8 Å². The van der Waals surface area contributed by atoms with Crippen LogP contribution in [-0.2, 0) is 0 Å². The van der Waals surface area contributed by atoms with E-state index >= 15 is 0 Å². The third-order valence-electron chi connectivity index (χ3n) is 2.42. The van der Waals surface area contributed by atoms with Crippen molar-refractivity contribution in [1.29, 1.82) is 0 Å². The van der Waals surface area contributed by atoms with Crippen molar-refractivity contribution in [1.82, 2.24) is 0 Å². The predicted octanol–water partition coefficient (Wildman–Crippen LogP) is 3.60. The van der Waals surface area contributed by atoms with Crippen molar-refractivity contribution in [3.05, 3.63) is 65.2 Å². The molecule has 0 heterocycles. The van der Waals surface area contributed by atoms with Crippen molar-refractivity contribution in [2.75, 3.05) is 6.61 Å². The molecule has 2 aromatic carbocycles. The van der Waals surface area contributed by atoms with Crippen LogP contribution in [-0.4, -0.2) is 17.5 Å². The smallest absolute Gasteiger partial charge is 0.134 e. The van der Waals surface area contributed by atoms with Crippen LogP contribution >= 0.6 is 11.6 Å². The normalized spacial score (nSPS) is 11.3. The Hall–Kier alpha value is -2.00. The largest absolute Gasteiger partial charge is 0.487 e. The zero-order valence-electron chi connectivity index (χ0n) is 9.58. The highest BCUT2D eigenvalue weighted by Gasteiger charge is 2.04. The molecule has 0 aliphatic carbocycles. The highest BCUT2D eigenvalue weighted by molar-refractivity contribution is 6.30. The summed E-state index contributed by atoms with van der Waals surface area (Å²) in [5.41, 5.74) is 1.31. The minimum absolute atomic E-state index is 0.197. The Morgan fingerprint density at radius 1 is 1.06 bits per heavy atom. The van der Waals surface area contributed by atoms with E-state index in [0.29, 0.717) is 16.5 Å². The SMILES string of the molecule is O/N=C(\COc1ccc(Cl)cc1)c1ccccc1. The van der Waals surface area contributed by atoms with Crippen LogP contribution in [0.4, 0.5) is 0 Å². The molecule has 4 heteroatoms. The minimum atomic E-state index is 0.197. The monoisotopic (exact) mass is 261 g/mol. The second kappa shape index (κ2) is 6.07. The number of benzene rings is 2. The summed E-state index contributed by atoms with van der Waals surface area (Å²) in [7, 11) is 0. The van der Waals surface area contributed by atoms with Gasteiger partial charge in [0.25, 0.3) is 0 Å². The van der Waals surface area contributed by atoms with Gasteiger partial charge in [0, 0.05) is 10.6 Å². The highest BCUT2D eigenvalue weighted by atomic mass is 35.5. The average molecular weight is 262 g/mol. The standard InChI is InChI=1S/C14H12ClNO2/c15-12-6-8-13(9-7-12)18-10-14(16-17)11-4-2-1-3-5-11/h1-9,17H,10H2/b16-14+. The molecule has 1 N–H and O–H groups in total. The van der Waals surface area contributed by atoms with Gasteiger partial charge < -0.3 is 9.94 Å². The molecule has 0 atom stereocenters. The molecule has 2 rings (SSSR count). The van der Waals surface area contributed by atoms with E-state index in [0.717, 1.165) is 5.56 Å². The topological polar surface area (TPSA) is 41.8 Å². The summed E-state index contributed by atoms with van der Waals surface area (Å²) < 4.78 is 5.52. The first kappa shape index (κ1) is 12.5. The van der Waals surface area contributed by atoms with Crippen LogP contribution in [0.5, 0.6) is 5.75 Å². The molecule has 0 aliphatic heterocycles. The Bertz CT molecular complexity index is 523. The maximum Gasteiger partial charge on any atom is 0.134 e. The van der Waals surface area contributed by atoms with Crippen LogP contribution in [0.2, 0.25) is 5.02 Å². The number of hydrogen-bond acceptors (Lipinski definition) is 3. The summed E-state index contributed by atoms with van der Waals surface area (Å²) in [5, 5.41) is 12.9. The lowest BCUT2D eigenvalue weighted by atomic mass is 10.1. The molecule has 18 heavy (non-hydrogen) atoms. The second-order valence-electron chi connectivity index (χ2n) is 3.66. The summed E-state index contributed by atoms with van der Waals surface area (Å²) >= 11 is 5.78. The van der Waals surface area contributed by atoms with Crippen LogP contribution < -0.4 is 4.74 Å². The molecule has 0 bridgehead atoms. The van der Waals surface area contributed by atoms with E-state index in [1.807, 2.05) is 30.3 Å². The van der Waals surface area contributed by atoms with Gasteiger partial charge in [-0.15, -0.1) is 0 Å². The van der Waals surface area contributed by atoms with Crippen LogP contribution in [0.1, 0.15) is 5.56 Å². The van der Waals surface area contributed by atoms with Gasteiger partial charge in [0.05, 0.1) is 0 Å². The fourth-order valence-electron chi connectivity index (χ4n) is 1.48. The second-order valence-corrected chi connectivity index (χ2v) is 4.09. The lowest BCUT2D eigenvalue weighted by molar-refractivity contribution is 0.308. The Labute approximate surface area is 110 Å². The number of oxime groups is 1. The van der Waals surface area contributed by atoms with Crippen molar-refractivity contribution in [3.8, 4) is 5.75 Å². The van der Waals surface area contributed by atoms with E-state index < -0.39 is 0 Å². The van der Waals surface area contributed by atoms with Gasteiger partial charge in [0.2, 0.25) is 0 Å². The van der Waals surface area contributed by atoms with Gasteiger partial charge in [0.15, 0.2) is 0 Å². The van der Waals surface area contributed by atoms with E-state index in [4.69, 9.17) is 21.5 Å². The molecule has 92 valence electrons. The molecular formula is C14H12ClNO2. The zero-order valence-corrected chi connectivity index (χ0v) is 10.3. The lowest BCUT2D eigenvalue weighted by Gasteiger charge is -2.07. The fourth-order valence-corrected chi connectivity index (χ4v) is 1.61. The first-order chi connectivity index (χ1) is 8.79. The maximum atomic E-state index is 8.99. The quantitative estimate of drug-likeness (QED) is 0.519. The summed E-state index contributed by atoms with van der Waals surface area (Å²) in [4.78, 5) is 0. The zero-order chi connectivity index (χ0) is 12.8. The molecule has 0 fully saturated rings. The van der Waals surface area contributed by atoms with E-state index in [9.17, 15) is 0 Å². The Morgan fingerprint density at radius 2 is 1.72 bits per heavy atom. The molecule has 0 radical (unpaired) electrons. The molecular weight excluding hydrogens is 250 g/mol. The summed E-state index contributed by atoms with van der Waals surface area (Å²) in [6.45, 7) is 0.197. The van der Waals surface area contributed by atoms with Crippen LogP contribution in [0.3, 0.4) is 0 Å². The maximum absolute atomic E-state index is 8.99. The first-order valence-corrected chi connectivity index (χ1v) is 5.82. The Morgan fingerprint density at radius 3 is 2.33 bits per heavy atom. The lowest BCUT2D eigenvalue weighted by Crippen LogP contribution is -2.12. The number of nitrogens with zero attached hydrogens (tertiary/aromatic N) is 1. The molecule has 3 nitrogen and oxygen atoms in total. The highest BCUT2D eigenvalue weighted by Crippen LogP contribution is 2.15. The van der Waals surface area contributed by atoms with E-state index in [1.165, 1.54) is 0 Å². The molecule has 0 spiro atoms. The third kappa shape index (κ3) is 3.25. The van der Waals surface area contributed by atoms with Gasteiger partial charge in [-0.2, -0.15) is 0 Å². The fraction of sp³-hybridized carbons (Fsp3) is 0.0714. The van der Waals surface area contributed by atoms with Crippen LogP contribution in [0, 0.1) is 0 Å². The van der Waals surface area contributed by atoms with Gasteiger partial charge in [-0.05, 0) is 24.3 Å². The van der Waals surface area contributed by atoms with Crippen molar-refractivity contribution < 1.29 is 9.94 Å². The average Bonchev–Trinajstić information content (AvgIpc) is 2.43. The van der Waals surface area contributed by atoms with Gasteiger partial charge >= 0.3 is 0 Å². The molecule has 0 amide bonds. The molecule has 0 aliphatic rings. The number of ether oxygens (including phenoxy) is 1. The van der Waals surface area contributed by atoms with Crippen molar-refractivity contribution in [2.45, 2.75) is 0 Å². The molecule has 0 saturated heterocycles. The predicted molar refractivity (Wildman–Crippen MR) is 71.7 cm³/mol. The van der Waals surface area contributed by atoms with Gasteiger partial charge in [-0.1, -0.05) is 47.1 Å². The summed E-state index contributed by atoms with van der Waals surface area (Å²) in [6, 6.07) is 16.4.